The quantitative estimate of drug-likeness (QED) is 0.838. The van der Waals surface area contributed by atoms with Crippen molar-refractivity contribution in [2.75, 3.05) is 13.7 Å². The van der Waals surface area contributed by atoms with Crippen LogP contribution in [0.2, 0.25) is 0 Å². The molecule has 1 amide bonds. The molecule has 1 saturated carbocycles. The van der Waals surface area contributed by atoms with Crippen molar-refractivity contribution in [1.29, 1.82) is 0 Å². The molecule has 0 aromatic heterocycles. The first-order chi connectivity index (χ1) is 9.13. The summed E-state index contributed by atoms with van der Waals surface area (Å²) in [6.07, 6.45) is 2.65. The van der Waals surface area contributed by atoms with Gasteiger partial charge in [0.25, 0.3) is 0 Å². The van der Waals surface area contributed by atoms with E-state index in [9.17, 15) is 4.79 Å². The summed E-state index contributed by atoms with van der Waals surface area (Å²) in [5.41, 5.74) is 6.56. The molecule has 5 heteroatoms. The fourth-order valence-electron chi connectivity index (χ4n) is 2.18. The first-order valence-electron chi connectivity index (χ1n) is 6.46. The number of halogens is 1. The molecule has 1 fully saturated rings. The van der Waals surface area contributed by atoms with Crippen LogP contribution in [0.5, 0.6) is 5.75 Å². The summed E-state index contributed by atoms with van der Waals surface area (Å²) in [5, 5.41) is 3.01. The smallest absolute Gasteiger partial charge is 0.224 e. The van der Waals surface area contributed by atoms with E-state index in [1.54, 1.807) is 7.11 Å². The highest BCUT2D eigenvalue weighted by atomic mass is 79.9. The van der Waals surface area contributed by atoms with Crippen molar-refractivity contribution >= 4 is 21.8 Å². The Labute approximate surface area is 121 Å². The number of hydrogen-bond donors (Lipinski definition) is 2. The van der Waals surface area contributed by atoms with Crippen LogP contribution in [0.15, 0.2) is 22.7 Å². The zero-order valence-electron chi connectivity index (χ0n) is 11.0. The Morgan fingerprint density at radius 3 is 2.89 bits per heavy atom. The van der Waals surface area contributed by atoms with Crippen LogP contribution in [-0.4, -0.2) is 25.6 Å². The van der Waals surface area contributed by atoms with E-state index in [0.717, 1.165) is 15.8 Å². The molecule has 3 N–H and O–H groups in total. The number of ether oxygens (including phenoxy) is 1. The molecular weight excluding hydrogens is 308 g/mol. The second-order valence-corrected chi connectivity index (χ2v) is 5.80. The van der Waals surface area contributed by atoms with Crippen LogP contribution in [0.4, 0.5) is 0 Å². The molecule has 0 aliphatic heterocycles. The number of benzene rings is 1. The molecule has 0 bridgehead atoms. The van der Waals surface area contributed by atoms with E-state index in [2.05, 4.69) is 21.2 Å². The third-order valence-corrected chi connectivity index (χ3v) is 3.88. The van der Waals surface area contributed by atoms with Crippen LogP contribution in [0.25, 0.3) is 0 Å². The lowest BCUT2D eigenvalue weighted by atomic mass is 10.1. The predicted octanol–water partition coefficient (Wildman–Crippen LogP) is 1.85. The maximum atomic E-state index is 12.1. The minimum absolute atomic E-state index is 0.00116. The lowest BCUT2D eigenvalue weighted by Crippen LogP contribution is -2.42. The zero-order valence-corrected chi connectivity index (χ0v) is 12.6. The van der Waals surface area contributed by atoms with Gasteiger partial charge < -0.3 is 15.8 Å². The van der Waals surface area contributed by atoms with Crippen LogP contribution in [0.1, 0.15) is 18.4 Å². The number of nitrogens with two attached hydrogens (primary N) is 1. The van der Waals surface area contributed by atoms with E-state index >= 15 is 0 Å². The van der Waals surface area contributed by atoms with Crippen molar-refractivity contribution in [3.63, 3.8) is 0 Å². The number of carbonyl (C=O) groups is 1. The largest absolute Gasteiger partial charge is 0.496 e. The fraction of sp³-hybridized carbons (Fsp3) is 0.500. The number of hydrogen-bond acceptors (Lipinski definition) is 3. The Morgan fingerprint density at radius 1 is 1.58 bits per heavy atom. The topological polar surface area (TPSA) is 64.3 Å². The first-order valence-corrected chi connectivity index (χ1v) is 7.25. The molecule has 0 spiro atoms. The highest BCUT2D eigenvalue weighted by Crippen LogP contribution is 2.32. The molecule has 2 rings (SSSR count). The third kappa shape index (κ3) is 3.94. The molecule has 1 unspecified atom stereocenters. The van der Waals surface area contributed by atoms with Gasteiger partial charge in [-0.15, -0.1) is 0 Å². The molecule has 19 heavy (non-hydrogen) atoms. The molecule has 0 saturated heterocycles. The molecule has 1 aromatic rings. The lowest BCUT2D eigenvalue weighted by Gasteiger charge is -2.16. The van der Waals surface area contributed by atoms with E-state index in [0.29, 0.717) is 18.9 Å². The highest BCUT2D eigenvalue weighted by molar-refractivity contribution is 9.10. The normalized spacial score (nSPS) is 15.9. The summed E-state index contributed by atoms with van der Waals surface area (Å²) in [4.78, 5) is 12.1. The molecule has 1 atom stereocenters. The average Bonchev–Trinajstić information content (AvgIpc) is 3.20. The van der Waals surface area contributed by atoms with Crippen molar-refractivity contribution < 1.29 is 9.53 Å². The second kappa shape index (κ2) is 6.39. The number of methoxy groups -OCH3 is 1. The van der Waals surface area contributed by atoms with E-state index in [1.165, 1.54) is 12.8 Å². The van der Waals surface area contributed by atoms with E-state index in [-0.39, 0.29) is 11.9 Å². The number of nitrogens with one attached hydrogen (secondary N) is 1. The first kappa shape index (κ1) is 14.3. The van der Waals surface area contributed by atoms with Gasteiger partial charge in [-0.05, 0) is 37.0 Å². The number of amides is 1. The van der Waals surface area contributed by atoms with Gasteiger partial charge in [0.15, 0.2) is 0 Å². The Kier molecular flexibility index (Phi) is 4.82. The predicted molar refractivity (Wildman–Crippen MR) is 78.1 cm³/mol. The van der Waals surface area contributed by atoms with Gasteiger partial charge >= 0.3 is 0 Å². The minimum atomic E-state index is -0.00116. The summed E-state index contributed by atoms with van der Waals surface area (Å²) >= 11 is 3.41. The number of carbonyl (C=O) groups excluding carboxylic acids is 1. The molecule has 1 aliphatic rings. The summed E-state index contributed by atoms with van der Waals surface area (Å²) in [7, 11) is 1.61. The van der Waals surface area contributed by atoms with Gasteiger partial charge in [0.05, 0.1) is 13.5 Å². The maximum Gasteiger partial charge on any atom is 0.224 e. The lowest BCUT2D eigenvalue weighted by molar-refractivity contribution is -0.121. The Balaban J connectivity index is 1.99. The van der Waals surface area contributed by atoms with Gasteiger partial charge in [-0.3, -0.25) is 4.79 Å². The van der Waals surface area contributed by atoms with Gasteiger partial charge in [-0.2, -0.15) is 0 Å². The standard InChI is InChI=1S/C14H19BrN2O2/c1-19-13-5-4-11(15)6-10(13)7-14(18)17-12(8-16)9-2-3-9/h4-6,9,12H,2-3,7-8,16H2,1H3,(H,17,18). The molecular formula is C14H19BrN2O2. The van der Waals surface area contributed by atoms with Crippen molar-refractivity contribution in [2.24, 2.45) is 11.7 Å². The summed E-state index contributed by atoms with van der Waals surface area (Å²) in [6.45, 7) is 0.506. The van der Waals surface area contributed by atoms with Gasteiger partial charge in [-0.25, -0.2) is 0 Å². The van der Waals surface area contributed by atoms with Crippen molar-refractivity contribution in [3.05, 3.63) is 28.2 Å². The SMILES string of the molecule is COc1ccc(Br)cc1CC(=O)NC(CN)C1CC1. The molecule has 104 valence electrons. The fourth-order valence-corrected chi connectivity index (χ4v) is 2.59. The highest BCUT2D eigenvalue weighted by Gasteiger charge is 2.31. The molecule has 4 nitrogen and oxygen atoms in total. The van der Waals surface area contributed by atoms with E-state index < -0.39 is 0 Å². The van der Waals surface area contributed by atoms with Crippen molar-refractivity contribution in [3.8, 4) is 5.75 Å². The van der Waals surface area contributed by atoms with Crippen molar-refractivity contribution in [2.45, 2.75) is 25.3 Å². The maximum absolute atomic E-state index is 12.1. The average molecular weight is 327 g/mol. The Hall–Kier alpha value is -1.07. The van der Waals surface area contributed by atoms with E-state index in [1.807, 2.05) is 18.2 Å². The number of rotatable bonds is 6. The zero-order chi connectivity index (χ0) is 13.8. The van der Waals surface area contributed by atoms with E-state index in [4.69, 9.17) is 10.5 Å². The Morgan fingerprint density at radius 2 is 2.32 bits per heavy atom. The van der Waals surface area contributed by atoms with Crippen LogP contribution in [0.3, 0.4) is 0 Å². The van der Waals surface area contributed by atoms with Gasteiger partial charge in [0.2, 0.25) is 5.91 Å². The Bertz CT molecular complexity index is 461. The van der Waals surface area contributed by atoms with Gasteiger partial charge in [-0.1, -0.05) is 15.9 Å². The molecule has 1 aliphatic carbocycles. The summed E-state index contributed by atoms with van der Waals surface area (Å²) in [5.74, 6) is 1.30. The molecule has 1 aromatic carbocycles. The van der Waals surface area contributed by atoms with Crippen molar-refractivity contribution in [1.82, 2.24) is 5.32 Å². The van der Waals surface area contributed by atoms with Crippen LogP contribution < -0.4 is 15.8 Å². The van der Waals surface area contributed by atoms with Crippen LogP contribution >= 0.6 is 15.9 Å². The summed E-state index contributed by atoms with van der Waals surface area (Å²) in [6, 6.07) is 5.78. The van der Waals surface area contributed by atoms with Crippen LogP contribution in [0, 0.1) is 5.92 Å². The molecule has 0 radical (unpaired) electrons. The van der Waals surface area contributed by atoms with Crippen LogP contribution in [-0.2, 0) is 11.2 Å². The summed E-state index contributed by atoms with van der Waals surface area (Å²) < 4.78 is 6.21. The van der Waals surface area contributed by atoms with Gasteiger partial charge in [0, 0.05) is 22.6 Å². The molecule has 0 heterocycles. The minimum Gasteiger partial charge on any atom is -0.496 e. The third-order valence-electron chi connectivity index (χ3n) is 3.38. The monoisotopic (exact) mass is 326 g/mol. The second-order valence-electron chi connectivity index (χ2n) is 4.88. The van der Waals surface area contributed by atoms with Gasteiger partial charge in [0.1, 0.15) is 5.75 Å².